The van der Waals surface area contributed by atoms with Gasteiger partial charge in [-0.3, -0.25) is 19.6 Å². The van der Waals surface area contributed by atoms with Gasteiger partial charge in [0.05, 0.1) is 13.2 Å². The van der Waals surface area contributed by atoms with E-state index in [4.69, 9.17) is 4.74 Å². The molecule has 1 saturated heterocycles. The van der Waals surface area contributed by atoms with Crippen LogP contribution in [0.1, 0.15) is 23.0 Å². The van der Waals surface area contributed by atoms with Gasteiger partial charge in [0.15, 0.2) is 5.60 Å². The van der Waals surface area contributed by atoms with Crippen molar-refractivity contribution in [1.82, 2.24) is 20.2 Å². The maximum Gasteiger partial charge on any atom is 0.272 e. The summed E-state index contributed by atoms with van der Waals surface area (Å²) in [5.74, 6) is -0.423. The first-order valence-electron chi connectivity index (χ1n) is 10.7. The van der Waals surface area contributed by atoms with E-state index in [9.17, 15) is 9.59 Å². The van der Waals surface area contributed by atoms with Crippen LogP contribution in [0, 0.1) is 0 Å². The molecule has 32 heavy (non-hydrogen) atoms. The molecule has 1 aliphatic heterocycles. The lowest BCUT2D eigenvalue weighted by Gasteiger charge is -2.41. The SMILES string of the molecule is CCNC(=O)[C@]1(Cc2ccccc2-c2ccncc2)CN(C(=O)c2ccccn2)CCO1. The maximum absolute atomic E-state index is 13.3. The third-order valence-corrected chi connectivity index (χ3v) is 5.59. The van der Waals surface area contributed by atoms with Gasteiger partial charge in [-0.1, -0.05) is 30.3 Å². The molecule has 4 rings (SSSR count). The molecule has 7 nitrogen and oxygen atoms in total. The van der Waals surface area contributed by atoms with Gasteiger partial charge in [-0.15, -0.1) is 0 Å². The highest BCUT2D eigenvalue weighted by Gasteiger charge is 2.45. The second-order valence-corrected chi connectivity index (χ2v) is 7.71. The molecule has 1 fully saturated rings. The van der Waals surface area contributed by atoms with Crippen molar-refractivity contribution in [3.05, 3.63) is 84.4 Å². The summed E-state index contributed by atoms with van der Waals surface area (Å²) in [5.41, 5.74) is 2.16. The Morgan fingerprint density at radius 3 is 2.59 bits per heavy atom. The Morgan fingerprint density at radius 2 is 1.84 bits per heavy atom. The van der Waals surface area contributed by atoms with Gasteiger partial charge in [-0.25, -0.2) is 0 Å². The summed E-state index contributed by atoms with van der Waals surface area (Å²) in [7, 11) is 0. The number of pyridine rings is 2. The summed E-state index contributed by atoms with van der Waals surface area (Å²) in [6.07, 6.45) is 5.42. The number of amides is 2. The summed E-state index contributed by atoms with van der Waals surface area (Å²) < 4.78 is 6.15. The quantitative estimate of drug-likeness (QED) is 0.650. The standard InChI is InChI=1S/C25H26N4O3/c1-2-27-24(31)25(17-20-7-3-4-8-21(20)19-10-13-26-14-11-19)18-29(15-16-32-25)23(30)22-9-5-6-12-28-22/h3-14H,2,15-18H2,1H3,(H,27,31)/t25-/m0/s1. The van der Waals surface area contributed by atoms with Crippen LogP contribution >= 0.6 is 0 Å². The van der Waals surface area contributed by atoms with E-state index < -0.39 is 5.60 Å². The molecular formula is C25H26N4O3. The average Bonchev–Trinajstić information content (AvgIpc) is 2.85. The zero-order valence-electron chi connectivity index (χ0n) is 18.0. The van der Waals surface area contributed by atoms with E-state index in [1.807, 2.05) is 43.3 Å². The molecule has 2 aromatic heterocycles. The largest absolute Gasteiger partial charge is 0.361 e. The smallest absolute Gasteiger partial charge is 0.272 e. The van der Waals surface area contributed by atoms with Crippen LogP contribution in [-0.4, -0.2) is 58.5 Å². The van der Waals surface area contributed by atoms with Crippen LogP contribution in [0.3, 0.4) is 0 Å². The van der Waals surface area contributed by atoms with E-state index in [0.717, 1.165) is 16.7 Å². The van der Waals surface area contributed by atoms with Crippen molar-refractivity contribution in [3.8, 4) is 11.1 Å². The third-order valence-electron chi connectivity index (χ3n) is 5.59. The van der Waals surface area contributed by atoms with E-state index in [1.54, 1.807) is 41.7 Å². The number of rotatable bonds is 6. The van der Waals surface area contributed by atoms with Crippen LogP contribution in [0.2, 0.25) is 0 Å². The Labute approximate surface area is 187 Å². The number of likely N-dealkylation sites (N-methyl/N-ethyl adjacent to an activating group) is 1. The second kappa shape index (κ2) is 9.70. The lowest BCUT2D eigenvalue weighted by molar-refractivity contribution is -0.157. The van der Waals surface area contributed by atoms with Crippen LogP contribution in [0.15, 0.2) is 73.2 Å². The van der Waals surface area contributed by atoms with Gasteiger partial charge >= 0.3 is 0 Å². The van der Waals surface area contributed by atoms with Gasteiger partial charge < -0.3 is 15.0 Å². The minimum absolute atomic E-state index is 0.152. The molecule has 2 amide bonds. The Morgan fingerprint density at radius 1 is 1.06 bits per heavy atom. The molecule has 7 heteroatoms. The van der Waals surface area contributed by atoms with Crippen LogP contribution in [0.25, 0.3) is 11.1 Å². The minimum Gasteiger partial charge on any atom is -0.361 e. The molecule has 0 saturated carbocycles. The van der Waals surface area contributed by atoms with E-state index in [2.05, 4.69) is 15.3 Å². The Hall–Kier alpha value is -3.58. The van der Waals surface area contributed by atoms with Gasteiger partial charge in [0.2, 0.25) is 0 Å². The number of nitrogens with one attached hydrogen (secondary N) is 1. The monoisotopic (exact) mass is 430 g/mol. The highest BCUT2D eigenvalue weighted by Crippen LogP contribution is 2.30. The van der Waals surface area contributed by atoms with Crippen LogP contribution in [-0.2, 0) is 16.0 Å². The summed E-state index contributed by atoms with van der Waals surface area (Å²) in [5, 5.41) is 2.91. The fourth-order valence-corrected chi connectivity index (χ4v) is 4.05. The average molecular weight is 431 g/mol. The van der Waals surface area contributed by atoms with Gasteiger partial charge in [-0.05, 0) is 47.9 Å². The highest BCUT2D eigenvalue weighted by atomic mass is 16.5. The van der Waals surface area contributed by atoms with Gasteiger partial charge in [0, 0.05) is 38.1 Å². The van der Waals surface area contributed by atoms with E-state index in [-0.39, 0.29) is 25.0 Å². The normalized spacial score (nSPS) is 18.2. The topological polar surface area (TPSA) is 84.4 Å². The molecule has 3 aromatic rings. The number of morpholine rings is 1. The molecule has 1 aliphatic rings. The zero-order chi connectivity index (χ0) is 22.4. The number of aromatic nitrogens is 2. The lowest BCUT2D eigenvalue weighted by atomic mass is 9.87. The van der Waals surface area contributed by atoms with Crippen molar-refractivity contribution < 1.29 is 14.3 Å². The van der Waals surface area contributed by atoms with Crippen molar-refractivity contribution in [2.45, 2.75) is 18.9 Å². The molecule has 3 heterocycles. The number of carbonyl (C=O) groups excluding carboxylic acids is 2. The highest BCUT2D eigenvalue weighted by molar-refractivity contribution is 5.94. The van der Waals surface area contributed by atoms with Crippen LogP contribution in [0.5, 0.6) is 0 Å². The fourth-order valence-electron chi connectivity index (χ4n) is 4.05. The number of hydrogen-bond acceptors (Lipinski definition) is 5. The first-order valence-corrected chi connectivity index (χ1v) is 10.7. The Kier molecular flexibility index (Phi) is 6.56. The summed E-state index contributed by atoms with van der Waals surface area (Å²) in [6.45, 7) is 3.18. The van der Waals surface area contributed by atoms with Gasteiger partial charge in [-0.2, -0.15) is 0 Å². The Bertz CT molecular complexity index is 1070. The Balaban J connectivity index is 1.68. The molecule has 0 bridgehead atoms. The molecule has 0 spiro atoms. The van der Waals surface area contributed by atoms with E-state index >= 15 is 0 Å². The first kappa shape index (κ1) is 21.6. The molecule has 164 valence electrons. The van der Waals surface area contributed by atoms with Gasteiger partial charge in [0.1, 0.15) is 5.69 Å². The second-order valence-electron chi connectivity index (χ2n) is 7.71. The molecule has 0 radical (unpaired) electrons. The van der Waals surface area contributed by atoms with E-state index in [1.165, 1.54) is 0 Å². The van der Waals surface area contributed by atoms with E-state index in [0.29, 0.717) is 25.2 Å². The van der Waals surface area contributed by atoms with Crippen molar-refractivity contribution >= 4 is 11.8 Å². The first-order chi connectivity index (χ1) is 15.6. The number of benzene rings is 1. The number of carbonyl (C=O) groups is 2. The molecular weight excluding hydrogens is 404 g/mol. The third kappa shape index (κ3) is 4.53. The molecule has 1 aromatic carbocycles. The maximum atomic E-state index is 13.3. The minimum atomic E-state index is -1.19. The summed E-state index contributed by atoms with van der Waals surface area (Å²) in [4.78, 5) is 36.3. The fraction of sp³-hybridized carbons (Fsp3) is 0.280. The lowest BCUT2D eigenvalue weighted by Crippen LogP contribution is -2.62. The predicted octanol–water partition coefficient (Wildman–Crippen LogP) is 2.73. The van der Waals surface area contributed by atoms with Crippen molar-refractivity contribution in [2.24, 2.45) is 0 Å². The zero-order valence-corrected chi connectivity index (χ0v) is 18.0. The van der Waals surface area contributed by atoms with Crippen LogP contribution in [0.4, 0.5) is 0 Å². The predicted molar refractivity (Wildman–Crippen MR) is 121 cm³/mol. The van der Waals surface area contributed by atoms with Crippen molar-refractivity contribution in [3.63, 3.8) is 0 Å². The number of hydrogen-bond donors (Lipinski definition) is 1. The number of ether oxygens (including phenoxy) is 1. The molecule has 1 atom stereocenters. The van der Waals surface area contributed by atoms with Crippen molar-refractivity contribution in [2.75, 3.05) is 26.2 Å². The summed E-state index contributed by atoms with van der Waals surface area (Å²) in [6, 6.07) is 17.1. The molecule has 0 unspecified atom stereocenters. The molecule has 0 aliphatic carbocycles. The van der Waals surface area contributed by atoms with Gasteiger partial charge in [0.25, 0.3) is 11.8 Å². The van der Waals surface area contributed by atoms with Crippen LogP contribution < -0.4 is 5.32 Å². The summed E-state index contributed by atoms with van der Waals surface area (Å²) >= 11 is 0. The number of nitrogens with zero attached hydrogens (tertiary/aromatic N) is 3. The molecule has 1 N–H and O–H groups in total. The van der Waals surface area contributed by atoms with Crippen molar-refractivity contribution in [1.29, 1.82) is 0 Å².